The molecule has 47 heavy (non-hydrogen) atoms. The van der Waals surface area contributed by atoms with Gasteiger partial charge in [0.15, 0.2) is 0 Å². The number of primary amides is 1. The van der Waals surface area contributed by atoms with Gasteiger partial charge >= 0.3 is 5.69 Å². The molecule has 1 aromatic carbocycles. The molecular weight excluding hydrogens is 598 g/mol. The van der Waals surface area contributed by atoms with Gasteiger partial charge in [0.25, 0.3) is 11.5 Å². The lowest BCUT2D eigenvalue weighted by atomic mass is 10.0. The monoisotopic (exact) mass is 635 g/mol. The summed E-state index contributed by atoms with van der Waals surface area (Å²) >= 11 is 0. The zero-order valence-corrected chi connectivity index (χ0v) is 26.8. The van der Waals surface area contributed by atoms with Crippen LogP contribution in [-0.4, -0.2) is 58.7 Å². The molecular formula is C34H37N9O4. The van der Waals surface area contributed by atoms with E-state index < -0.39 is 23.2 Å². The molecule has 1 aliphatic rings. The van der Waals surface area contributed by atoms with Crippen molar-refractivity contribution in [3.8, 4) is 28.3 Å². The first-order valence-corrected chi connectivity index (χ1v) is 15.6. The van der Waals surface area contributed by atoms with Crippen molar-refractivity contribution < 1.29 is 9.59 Å². The Kier molecular flexibility index (Phi) is 8.22. The lowest BCUT2D eigenvalue weighted by molar-refractivity contribution is -0.135. The van der Waals surface area contributed by atoms with Gasteiger partial charge in [0, 0.05) is 43.0 Å². The molecule has 5 aromatic rings. The van der Waals surface area contributed by atoms with Gasteiger partial charge in [0.2, 0.25) is 5.91 Å². The summed E-state index contributed by atoms with van der Waals surface area (Å²) in [5.74, 6) is -0.433. The van der Waals surface area contributed by atoms with E-state index in [0.29, 0.717) is 35.6 Å². The molecule has 0 unspecified atom stereocenters. The van der Waals surface area contributed by atoms with Crippen LogP contribution in [0.1, 0.15) is 63.0 Å². The van der Waals surface area contributed by atoms with Crippen LogP contribution in [0.4, 0.5) is 5.82 Å². The maximum Gasteiger partial charge on any atom is 0.337 e. The number of hydrogen-bond donors (Lipinski definition) is 2. The van der Waals surface area contributed by atoms with E-state index in [1.54, 1.807) is 44.3 Å². The van der Waals surface area contributed by atoms with Crippen LogP contribution in [0.25, 0.3) is 39.2 Å². The molecule has 13 nitrogen and oxygen atoms in total. The van der Waals surface area contributed by atoms with Crippen LogP contribution in [0.5, 0.6) is 0 Å². The fourth-order valence-corrected chi connectivity index (χ4v) is 6.37. The molecule has 5 heterocycles. The van der Waals surface area contributed by atoms with Gasteiger partial charge in [-0.1, -0.05) is 44.2 Å². The Labute approximate surface area is 270 Å². The predicted octanol–water partition coefficient (Wildman–Crippen LogP) is 3.55. The highest BCUT2D eigenvalue weighted by Crippen LogP contribution is 2.36. The summed E-state index contributed by atoms with van der Waals surface area (Å²) in [6, 6.07) is 13.4. The number of pyridine rings is 2. The Bertz CT molecular complexity index is 2100. The van der Waals surface area contributed by atoms with Gasteiger partial charge in [-0.2, -0.15) is 5.10 Å². The molecule has 0 saturated carbocycles. The summed E-state index contributed by atoms with van der Waals surface area (Å²) < 4.78 is 4.23. The van der Waals surface area contributed by atoms with E-state index in [-0.39, 0.29) is 34.9 Å². The largest absolute Gasteiger partial charge is 0.383 e. The fourth-order valence-electron chi connectivity index (χ4n) is 6.37. The lowest BCUT2D eigenvalue weighted by Crippen LogP contribution is -2.44. The maximum absolute atomic E-state index is 13.8. The molecule has 4 N–H and O–H groups in total. The number of fused-ring (bicyclic) bond motifs is 1. The second-order valence-corrected chi connectivity index (χ2v) is 12.3. The molecule has 1 aliphatic heterocycles. The van der Waals surface area contributed by atoms with Gasteiger partial charge in [0.1, 0.15) is 22.9 Å². The molecule has 6 rings (SSSR count). The third kappa shape index (κ3) is 5.47. The van der Waals surface area contributed by atoms with Crippen molar-refractivity contribution in [2.75, 3.05) is 18.8 Å². The van der Waals surface area contributed by atoms with Gasteiger partial charge in [-0.05, 0) is 50.5 Å². The molecule has 242 valence electrons. The van der Waals surface area contributed by atoms with Crippen molar-refractivity contribution in [2.24, 2.45) is 11.7 Å². The maximum atomic E-state index is 13.8. The van der Waals surface area contributed by atoms with E-state index in [4.69, 9.17) is 16.6 Å². The van der Waals surface area contributed by atoms with E-state index in [9.17, 15) is 19.2 Å². The highest BCUT2D eigenvalue weighted by molar-refractivity contribution is 6.01. The molecule has 0 spiro atoms. The van der Waals surface area contributed by atoms with Crippen LogP contribution in [0.2, 0.25) is 0 Å². The number of anilines is 1. The lowest BCUT2D eigenvalue weighted by Gasteiger charge is -2.33. The summed E-state index contributed by atoms with van der Waals surface area (Å²) in [7, 11) is 0. The van der Waals surface area contributed by atoms with E-state index >= 15 is 0 Å². The molecule has 13 heteroatoms. The van der Waals surface area contributed by atoms with Gasteiger partial charge < -0.3 is 16.4 Å². The summed E-state index contributed by atoms with van der Waals surface area (Å²) in [5.41, 5.74) is 13.2. The first kappa shape index (κ1) is 31.4. The second-order valence-electron chi connectivity index (χ2n) is 12.3. The standard InChI is InChI=1S/C34H37N9O4/c1-19(2)32(45)40-17-13-23(14-18-40)43-24-12-16-38-30(35)26(24)28(39-43)21-8-10-22(11-9-21)29-27(31(36)44)33(46)42(25-7-5-6-15-37-25)34(47)41(29)20(3)4/h5-12,15-16,19-20,23H,13-14,17-18H2,1-4H3,(H2,35,38)(H2,36,44). The third-order valence-electron chi connectivity index (χ3n) is 8.63. The summed E-state index contributed by atoms with van der Waals surface area (Å²) in [6.45, 7) is 8.69. The van der Waals surface area contributed by atoms with Crippen molar-refractivity contribution in [1.29, 1.82) is 0 Å². The van der Waals surface area contributed by atoms with E-state index in [0.717, 1.165) is 28.5 Å². The first-order chi connectivity index (χ1) is 22.5. The molecule has 4 aromatic heterocycles. The minimum atomic E-state index is -0.960. The number of carbonyl (C=O) groups is 2. The zero-order valence-electron chi connectivity index (χ0n) is 26.8. The molecule has 2 amide bonds. The third-order valence-corrected chi connectivity index (χ3v) is 8.63. The molecule has 1 saturated heterocycles. The normalized spacial score (nSPS) is 14.0. The summed E-state index contributed by atoms with van der Waals surface area (Å²) in [5, 5.41) is 5.72. The van der Waals surface area contributed by atoms with Crippen LogP contribution >= 0.6 is 0 Å². The van der Waals surface area contributed by atoms with Crippen molar-refractivity contribution in [3.05, 3.63) is 87.3 Å². The quantitative estimate of drug-likeness (QED) is 0.273. The second kappa shape index (κ2) is 12.3. The van der Waals surface area contributed by atoms with Crippen LogP contribution in [-0.2, 0) is 4.79 Å². The highest BCUT2D eigenvalue weighted by atomic mass is 16.2. The number of piperidine rings is 1. The molecule has 0 atom stereocenters. The Morgan fingerprint density at radius 1 is 0.894 bits per heavy atom. The summed E-state index contributed by atoms with van der Waals surface area (Å²) in [4.78, 5) is 63.2. The highest BCUT2D eigenvalue weighted by Gasteiger charge is 2.29. The van der Waals surface area contributed by atoms with Gasteiger partial charge in [0.05, 0.1) is 22.6 Å². The topological polar surface area (TPSA) is 177 Å². The van der Waals surface area contributed by atoms with Gasteiger partial charge in [-0.25, -0.2) is 19.3 Å². The minimum absolute atomic E-state index is 0.0513. The molecule has 1 fully saturated rings. The number of aromatic nitrogens is 6. The number of nitrogens with two attached hydrogens (primary N) is 2. The number of amides is 2. The Morgan fingerprint density at radius 2 is 1.57 bits per heavy atom. The Hall–Kier alpha value is -5.59. The molecule has 0 aliphatic carbocycles. The van der Waals surface area contributed by atoms with Crippen molar-refractivity contribution in [3.63, 3.8) is 0 Å². The first-order valence-electron chi connectivity index (χ1n) is 15.6. The Balaban J connectivity index is 1.44. The number of nitrogens with zero attached hydrogens (tertiary/aromatic N) is 7. The zero-order chi connectivity index (χ0) is 33.6. The van der Waals surface area contributed by atoms with Crippen LogP contribution in [0.15, 0.2) is 70.5 Å². The number of nitrogen functional groups attached to an aromatic ring is 1. The molecule has 0 bridgehead atoms. The predicted molar refractivity (Wildman–Crippen MR) is 179 cm³/mol. The van der Waals surface area contributed by atoms with Crippen molar-refractivity contribution in [1.82, 2.24) is 33.8 Å². The SMILES string of the molecule is CC(C)C(=O)N1CCC(n2nc(-c3ccc(-c4c(C(N)=O)c(=O)n(-c5ccccn5)c(=O)n4C(C)C)cc3)c3c(N)nccc32)CC1. The van der Waals surface area contributed by atoms with Crippen molar-refractivity contribution in [2.45, 2.75) is 52.6 Å². The van der Waals surface area contributed by atoms with Crippen molar-refractivity contribution >= 4 is 28.5 Å². The average Bonchev–Trinajstić information content (AvgIpc) is 3.45. The van der Waals surface area contributed by atoms with Gasteiger partial charge in [-0.15, -0.1) is 0 Å². The molecule has 0 radical (unpaired) electrons. The van der Waals surface area contributed by atoms with Crippen LogP contribution < -0.4 is 22.7 Å². The number of benzene rings is 1. The number of carbonyl (C=O) groups excluding carboxylic acids is 2. The Morgan fingerprint density at radius 3 is 2.17 bits per heavy atom. The fraction of sp³-hybridized carbons (Fsp3) is 0.324. The average molecular weight is 636 g/mol. The van der Waals surface area contributed by atoms with Crippen LogP contribution in [0.3, 0.4) is 0 Å². The van der Waals surface area contributed by atoms with E-state index in [2.05, 4.69) is 9.97 Å². The van der Waals surface area contributed by atoms with E-state index in [1.165, 1.54) is 16.8 Å². The van der Waals surface area contributed by atoms with Gasteiger partial charge in [-0.3, -0.25) is 23.6 Å². The van der Waals surface area contributed by atoms with E-state index in [1.807, 2.05) is 41.6 Å². The summed E-state index contributed by atoms with van der Waals surface area (Å²) in [6.07, 6.45) is 4.62. The van der Waals surface area contributed by atoms with Crippen LogP contribution in [0, 0.1) is 5.92 Å². The minimum Gasteiger partial charge on any atom is -0.383 e. The number of hydrogen-bond acceptors (Lipinski definition) is 8. The number of rotatable bonds is 7. The smallest absolute Gasteiger partial charge is 0.337 e. The number of likely N-dealkylation sites (tertiary alicyclic amines) is 1.